The summed E-state index contributed by atoms with van der Waals surface area (Å²) in [4.78, 5) is 28.6. The van der Waals surface area contributed by atoms with Crippen LogP contribution in [-0.4, -0.2) is 104 Å². The molecule has 3 aliphatic rings. The zero-order chi connectivity index (χ0) is 28.7. The SMILES string of the molecule is C[C@H]1c2c(Cl)cc(Cl)cc2CCN1C(=O)[C@H]1CN(c2cncc3nc(NCCN4CCS(=O)(=O)CC4)oc23)CCO1. The summed E-state index contributed by atoms with van der Waals surface area (Å²) in [6.07, 6.45) is 3.40. The van der Waals surface area contributed by atoms with Gasteiger partial charge in [0.2, 0.25) is 0 Å². The number of amides is 1. The van der Waals surface area contributed by atoms with E-state index in [1.165, 1.54) is 0 Å². The lowest BCUT2D eigenvalue weighted by Gasteiger charge is -2.40. The molecule has 1 amide bonds. The largest absolute Gasteiger partial charge is 0.421 e. The number of halogens is 2. The maximum absolute atomic E-state index is 13.7. The van der Waals surface area contributed by atoms with Gasteiger partial charge in [0.15, 0.2) is 21.5 Å². The number of oxazole rings is 1. The Labute approximate surface area is 248 Å². The molecule has 3 aliphatic heterocycles. The average molecular weight is 624 g/mol. The molecule has 1 aromatic carbocycles. The molecule has 0 bridgehead atoms. The van der Waals surface area contributed by atoms with Gasteiger partial charge in [0.25, 0.3) is 11.9 Å². The predicted molar refractivity (Wildman–Crippen MR) is 158 cm³/mol. The summed E-state index contributed by atoms with van der Waals surface area (Å²) in [7, 11) is -2.91. The number of hydrogen-bond acceptors (Lipinski definition) is 10. The van der Waals surface area contributed by atoms with Crippen LogP contribution < -0.4 is 10.2 Å². The molecule has 5 heterocycles. The number of anilines is 2. The van der Waals surface area contributed by atoms with Gasteiger partial charge in [0.05, 0.1) is 43.1 Å². The van der Waals surface area contributed by atoms with Crippen molar-refractivity contribution in [3.05, 3.63) is 45.7 Å². The van der Waals surface area contributed by atoms with E-state index in [4.69, 9.17) is 32.4 Å². The smallest absolute Gasteiger partial charge is 0.295 e. The van der Waals surface area contributed by atoms with E-state index in [0.29, 0.717) is 86.0 Å². The Kier molecular flexibility index (Phi) is 8.03. The van der Waals surface area contributed by atoms with Gasteiger partial charge >= 0.3 is 0 Å². The van der Waals surface area contributed by atoms with Gasteiger partial charge < -0.3 is 24.3 Å². The number of rotatable bonds is 6. The number of nitrogens with zero attached hydrogens (tertiary/aromatic N) is 5. The number of pyridine rings is 1. The minimum absolute atomic E-state index is 0.0792. The predicted octanol–water partition coefficient (Wildman–Crippen LogP) is 3.02. The first-order chi connectivity index (χ1) is 19.7. The number of carbonyl (C=O) groups excluding carboxylic acids is 1. The van der Waals surface area contributed by atoms with E-state index < -0.39 is 15.9 Å². The van der Waals surface area contributed by atoms with Crippen molar-refractivity contribution in [1.82, 2.24) is 19.8 Å². The molecule has 3 aromatic rings. The van der Waals surface area contributed by atoms with Crippen molar-refractivity contribution in [1.29, 1.82) is 0 Å². The second kappa shape index (κ2) is 11.6. The van der Waals surface area contributed by atoms with Gasteiger partial charge in [-0.15, -0.1) is 0 Å². The maximum atomic E-state index is 13.7. The number of aromatic nitrogens is 2. The molecule has 11 nitrogen and oxygen atoms in total. The van der Waals surface area contributed by atoms with E-state index in [-0.39, 0.29) is 23.5 Å². The fourth-order valence-corrected chi connectivity index (χ4v) is 7.81. The molecule has 0 radical (unpaired) electrons. The van der Waals surface area contributed by atoms with Crippen molar-refractivity contribution in [2.24, 2.45) is 0 Å². The fraction of sp³-hybridized carbons (Fsp3) is 0.519. The highest BCUT2D eigenvalue weighted by Gasteiger charge is 2.37. The molecule has 0 saturated carbocycles. The summed E-state index contributed by atoms with van der Waals surface area (Å²) < 4.78 is 35.4. The number of ether oxygens (including phenoxy) is 1. The number of morpholine rings is 1. The van der Waals surface area contributed by atoms with Crippen LogP contribution in [0.1, 0.15) is 24.1 Å². The zero-order valence-corrected chi connectivity index (χ0v) is 25.0. The van der Waals surface area contributed by atoms with Gasteiger partial charge in [0.1, 0.15) is 11.2 Å². The molecule has 2 saturated heterocycles. The van der Waals surface area contributed by atoms with Gasteiger partial charge in [-0.2, -0.15) is 4.98 Å². The minimum atomic E-state index is -2.91. The van der Waals surface area contributed by atoms with Gasteiger partial charge in [-0.1, -0.05) is 23.2 Å². The number of carbonyl (C=O) groups is 1. The molecule has 220 valence electrons. The lowest BCUT2D eigenvalue weighted by atomic mass is 9.93. The quantitative estimate of drug-likeness (QED) is 0.439. The average Bonchev–Trinajstić information content (AvgIpc) is 3.36. The van der Waals surface area contributed by atoms with Crippen molar-refractivity contribution in [2.75, 3.05) is 74.1 Å². The van der Waals surface area contributed by atoms with Gasteiger partial charge in [-0.05, 0) is 36.6 Å². The molecule has 0 unspecified atom stereocenters. The van der Waals surface area contributed by atoms with E-state index in [2.05, 4.69) is 25.1 Å². The first kappa shape index (κ1) is 28.5. The third-order valence-electron chi connectivity index (χ3n) is 8.07. The summed E-state index contributed by atoms with van der Waals surface area (Å²) >= 11 is 12.7. The highest BCUT2D eigenvalue weighted by atomic mass is 35.5. The van der Waals surface area contributed by atoms with Crippen molar-refractivity contribution in [2.45, 2.75) is 25.5 Å². The third kappa shape index (κ3) is 5.98. The molecule has 2 atom stereocenters. The van der Waals surface area contributed by atoms with Gasteiger partial charge in [-0.3, -0.25) is 14.7 Å². The van der Waals surface area contributed by atoms with Crippen LogP contribution in [0, 0.1) is 0 Å². The summed E-state index contributed by atoms with van der Waals surface area (Å²) in [6, 6.07) is 3.82. The molecule has 2 fully saturated rings. The van der Waals surface area contributed by atoms with Gasteiger partial charge in [0, 0.05) is 49.3 Å². The molecule has 41 heavy (non-hydrogen) atoms. The normalized spacial score (nSPS) is 23.0. The topological polar surface area (TPSA) is 121 Å². The summed E-state index contributed by atoms with van der Waals surface area (Å²) in [5, 5.41) is 4.37. The van der Waals surface area contributed by atoms with E-state index in [1.807, 2.05) is 17.9 Å². The summed E-state index contributed by atoms with van der Waals surface area (Å²) in [6.45, 7) is 6.18. The second-order valence-electron chi connectivity index (χ2n) is 10.7. The van der Waals surface area contributed by atoms with Crippen LogP contribution >= 0.6 is 23.2 Å². The highest BCUT2D eigenvalue weighted by Crippen LogP contribution is 2.38. The van der Waals surface area contributed by atoms with E-state index in [9.17, 15) is 13.2 Å². The van der Waals surface area contributed by atoms with Crippen molar-refractivity contribution in [3.8, 4) is 0 Å². The molecule has 1 N–H and O–H groups in total. The standard InChI is InChI=1S/C27H32Cl2N6O5S/c1-17-24-18(12-19(28)13-20(24)29)2-4-35(17)26(36)23-16-34(6-9-39-23)22-15-30-14-21-25(22)40-27(32-21)31-3-5-33-7-10-41(37,38)11-8-33/h12-15,17,23H,2-11,16H2,1H3,(H,31,32)/t17-,23+/m0/s1. The number of benzene rings is 1. The molecular weight excluding hydrogens is 591 g/mol. The maximum Gasteiger partial charge on any atom is 0.295 e. The second-order valence-corrected chi connectivity index (χ2v) is 13.8. The Morgan fingerprint density at radius 2 is 1.95 bits per heavy atom. The van der Waals surface area contributed by atoms with Crippen LogP contribution in [0.25, 0.3) is 11.1 Å². The Hall–Kier alpha value is -2.64. The monoisotopic (exact) mass is 622 g/mol. The van der Waals surface area contributed by atoms with E-state index in [1.54, 1.807) is 18.5 Å². The number of sulfone groups is 1. The first-order valence-electron chi connectivity index (χ1n) is 13.7. The zero-order valence-electron chi connectivity index (χ0n) is 22.7. The minimum Gasteiger partial charge on any atom is -0.421 e. The number of nitrogens with one attached hydrogen (secondary N) is 1. The third-order valence-corrected chi connectivity index (χ3v) is 10.2. The molecule has 2 aromatic heterocycles. The van der Waals surface area contributed by atoms with Crippen LogP contribution in [-0.2, 0) is 25.8 Å². The Bertz CT molecular complexity index is 1550. The Morgan fingerprint density at radius 1 is 1.15 bits per heavy atom. The van der Waals surface area contributed by atoms with E-state index in [0.717, 1.165) is 16.8 Å². The van der Waals surface area contributed by atoms with Crippen molar-refractivity contribution >= 4 is 61.7 Å². The molecule has 0 spiro atoms. The summed E-state index contributed by atoms with van der Waals surface area (Å²) in [5.74, 6) is 0.311. The van der Waals surface area contributed by atoms with E-state index >= 15 is 0 Å². The van der Waals surface area contributed by atoms with Crippen LogP contribution in [0.4, 0.5) is 11.7 Å². The lowest BCUT2D eigenvalue weighted by molar-refractivity contribution is -0.147. The lowest BCUT2D eigenvalue weighted by Crippen LogP contribution is -2.53. The highest BCUT2D eigenvalue weighted by molar-refractivity contribution is 7.91. The van der Waals surface area contributed by atoms with Crippen LogP contribution in [0.15, 0.2) is 28.9 Å². The Morgan fingerprint density at radius 3 is 2.76 bits per heavy atom. The molecule has 14 heteroatoms. The van der Waals surface area contributed by atoms with Crippen molar-refractivity contribution in [3.63, 3.8) is 0 Å². The van der Waals surface area contributed by atoms with Crippen LogP contribution in [0.3, 0.4) is 0 Å². The van der Waals surface area contributed by atoms with Crippen molar-refractivity contribution < 1.29 is 22.4 Å². The van der Waals surface area contributed by atoms with Crippen LogP contribution in [0.5, 0.6) is 0 Å². The number of hydrogen-bond donors (Lipinski definition) is 1. The Balaban J connectivity index is 1.12. The molecule has 0 aliphatic carbocycles. The molecule has 6 rings (SSSR count). The van der Waals surface area contributed by atoms with Gasteiger partial charge in [-0.25, -0.2) is 8.42 Å². The fourth-order valence-electron chi connectivity index (χ4n) is 5.84. The first-order valence-corrected chi connectivity index (χ1v) is 16.3. The molecular formula is C27H32Cl2N6O5S. The van der Waals surface area contributed by atoms with Crippen LogP contribution in [0.2, 0.25) is 10.0 Å². The number of fused-ring (bicyclic) bond motifs is 2. The summed E-state index contributed by atoms with van der Waals surface area (Å²) in [5.41, 5.74) is 3.95.